The standard InChI is InChI=1S/C52H63N9O3/c1-56-24-28-58(29-25-56)35-43-10-5-3-8-41(43)32-49(62)60-23-21-45(37-60)52(64)54-46-19-17-39(18-20-46)38-13-15-40(16-14-38)47-34-53-51(55-47)48-12-7-22-61(48)50(63)33-42-9-4-6-11-44(42)36-59-30-26-57(2)27-31-59/h3-6,8-11,13-20,34,45,48H,7,12,21-33,35-37H2,1-2H3,(H,53,55)(H,54,64)/t45-,48+/m1/s1. The van der Waals surface area contributed by atoms with Gasteiger partial charge in [-0.15, -0.1) is 0 Å². The largest absolute Gasteiger partial charge is 0.342 e. The molecule has 0 aliphatic carbocycles. The second kappa shape index (κ2) is 20.0. The Hall–Kier alpha value is -5.66. The van der Waals surface area contributed by atoms with Crippen LogP contribution in [0.25, 0.3) is 22.4 Å². The van der Waals surface area contributed by atoms with Crippen molar-refractivity contribution in [3.05, 3.63) is 131 Å². The van der Waals surface area contributed by atoms with Crippen molar-refractivity contribution >= 4 is 23.4 Å². The first-order valence-electron chi connectivity index (χ1n) is 23.3. The van der Waals surface area contributed by atoms with E-state index in [2.05, 4.69) is 105 Å². The lowest BCUT2D eigenvalue weighted by Gasteiger charge is -2.32. The molecule has 9 rings (SSSR count). The lowest BCUT2D eigenvalue weighted by molar-refractivity contribution is -0.132. The summed E-state index contributed by atoms with van der Waals surface area (Å²) in [4.78, 5) is 62.6. The summed E-state index contributed by atoms with van der Waals surface area (Å²) in [5, 5.41) is 3.10. The number of benzene rings is 4. The van der Waals surface area contributed by atoms with Crippen molar-refractivity contribution in [2.24, 2.45) is 5.92 Å². The number of piperazine rings is 2. The number of nitrogens with zero attached hydrogens (tertiary/aromatic N) is 7. The van der Waals surface area contributed by atoms with Crippen molar-refractivity contribution < 1.29 is 14.4 Å². The molecule has 4 saturated heterocycles. The van der Waals surface area contributed by atoms with Gasteiger partial charge in [0.2, 0.25) is 17.7 Å². The van der Waals surface area contributed by atoms with Gasteiger partial charge in [-0.25, -0.2) is 4.98 Å². The zero-order chi connectivity index (χ0) is 44.0. The minimum absolute atomic E-state index is 0.0473. The number of amides is 3. The van der Waals surface area contributed by atoms with Gasteiger partial charge >= 0.3 is 0 Å². The number of hydrogen-bond acceptors (Lipinski definition) is 8. The molecule has 4 aliphatic rings. The molecule has 0 unspecified atom stereocenters. The summed E-state index contributed by atoms with van der Waals surface area (Å²) in [6.07, 6.45) is 5.15. The Bertz CT molecular complexity index is 2380. The van der Waals surface area contributed by atoms with Crippen LogP contribution in [0.3, 0.4) is 0 Å². The SMILES string of the molecule is CN1CCN(Cc2ccccc2CC(=O)N2CC[C@@H](C(=O)Nc3ccc(-c4ccc(-c5cnc([C@@H]6CCCN6C(=O)Cc6ccccc6CN6CCN(C)CC6)[nH]5)cc4)cc3)C2)CC1. The van der Waals surface area contributed by atoms with E-state index in [1.807, 2.05) is 52.4 Å². The maximum atomic E-state index is 13.8. The van der Waals surface area contributed by atoms with Crippen LogP contribution in [0.2, 0.25) is 0 Å². The van der Waals surface area contributed by atoms with Gasteiger partial charge in [0, 0.05) is 90.8 Å². The predicted molar refractivity (Wildman–Crippen MR) is 252 cm³/mol. The number of likely N-dealkylation sites (N-methyl/N-ethyl adjacent to an activating group) is 2. The molecule has 0 bridgehead atoms. The molecule has 4 aromatic carbocycles. The van der Waals surface area contributed by atoms with Gasteiger partial charge in [0.25, 0.3) is 0 Å². The Morgan fingerprint density at radius 2 is 1.14 bits per heavy atom. The molecule has 1 aromatic heterocycles. The second-order valence-corrected chi connectivity index (χ2v) is 18.4. The van der Waals surface area contributed by atoms with Crippen LogP contribution in [-0.4, -0.2) is 143 Å². The Balaban J connectivity index is 0.758. The number of carbonyl (C=O) groups is 3. The molecule has 2 N–H and O–H groups in total. The third-order valence-corrected chi connectivity index (χ3v) is 14.0. The van der Waals surface area contributed by atoms with Gasteiger partial charge in [-0.3, -0.25) is 24.2 Å². The fourth-order valence-corrected chi connectivity index (χ4v) is 9.84. The molecule has 5 heterocycles. The summed E-state index contributed by atoms with van der Waals surface area (Å²) in [6.45, 7) is 12.0. The van der Waals surface area contributed by atoms with Crippen LogP contribution in [0.4, 0.5) is 5.69 Å². The van der Waals surface area contributed by atoms with Crippen LogP contribution in [0, 0.1) is 5.92 Å². The van der Waals surface area contributed by atoms with Crippen molar-refractivity contribution in [1.82, 2.24) is 39.4 Å². The zero-order valence-corrected chi connectivity index (χ0v) is 37.6. The monoisotopic (exact) mass is 862 g/mol. The fraction of sp³-hybridized carbons (Fsp3) is 0.423. The van der Waals surface area contributed by atoms with E-state index in [1.54, 1.807) is 0 Å². The predicted octanol–water partition coefficient (Wildman–Crippen LogP) is 6.17. The van der Waals surface area contributed by atoms with Crippen molar-refractivity contribution in [1.29, 1.82) is 0 Å². The third kappa shape index (κ3) is 10.5. The first-order chi connectivity index (χ1) is 31.2. The molecule has 0 saturated carbocycles. The molecule has 12 nitrogen and oxygen atoms in total. The third-order valence-electron chi connectivity index (χ3n) is 14.0. The first kappa shape index (κ1) is 43.6. The van der Waals surface area contributed by atoms with E-state index in [0.717, 1.165) is 130 Å². The Morgan fingerprint density at radius 3 is 1.73 bits per heavy atom. The van der Waals surface area contributed by atoms with E-state index in [1.165, 1.54) is 11.1 Å². The molecule has 2 atom stereocenters. The number of carbonyl (C=O) groups excluding carboxylic acids is 3. The topological polar surface area (TPSA) is 111 Å². The van der Waals surface area contributed by atoms with E-state index in [9.17, 15) is 14.4 Å². The van der Waals surface area contributed by atoms with E-state index in [-0.39, 0.29) is 29.7 Å². The number of hydrogen-bond donors (Lipinski definition) is 2. The smallest absolute Gasteiger partial charge is 0.229 e. The average molecular weight is 862 g/mol. The number of likely N-dealkylation sites (tertiary alicyclic amines) is 2. The normalized spacial score (nSPS) is 20.2. The summed E-state index contributed by atoms with van der Waals surface area (Å²) >= 11 is 0. The van der Waals surface area contributed by atoms with Crippen molar-refractivity contribution in [3.8, 4) is 22.4 Å². The number of aromatic nitrogens is 2. The summed E-state index contributed by atoms with van der Waals surface area (Å²) in [6, 6.07) is 33.0. The number of nitrogens with one attached hydrogen (secondary N) is 2. The molecule has 4 aliphatic heterocycles. The van der Waals surface area contributed by atoms with Crippen LogP contribution in [0.5, 0.6) is 0 Å². The summed E-state index contributed by atoms with van der Waals surface area (Å²) in [5.41, 5.74) is 9.46. The minimum atomic E-state index is -0.239. The highest BCUT2D eigenvalue weighted by Gasteiger charge is 2.33. The molecule has 5 aromatic rings. The molecule has 4 fully saturated rings. The minimum Gasteiger partial charge on any atom is -0.342 e. The number of anilines is 1. The summed E-state index contributed by atoms with van der Waals surface area (Å²) < 4.78 is 0. The highest BCUT2D eigenvalue weighted by Crippen LogP contribution is 2.33. The number of rotatable bonds is 13. The van der Waals surface area contributed by atoms with Crippen molar-refractivity contribution in [3.63, 3.8) is 0 Å². The molecule has 12 heteroatoms. The highest BCUT2D eigenvalue weighted by atomic mass is 16.2. The summed E-state index contributed by atoms with van der Waals surface area (Å²) in [7, 11) is 4.34. The lowest BCUT2D eigenvalue weighted by atomic mass is 10.0. The molecule has 0 radical (unpaired) electrons. The van der Waals surface area contributed by atoms with Gasteiger partial charge in [0.05, 0.1) is 36.7 Å². The first-order valence-corrected chi connectivity index (χ1v) is 23.3. The molecule has 334 valence electrons. The van der Waals surface area contributed by atoms with Crippen LogP contribution in [0.1, 0.15) is 53.4 Å². The van der Waals surface area contributed by atoms with Crippen LogP contribution in [0.15, 0.2) is 103 Å². The fourth-order valence-electron chi connectivity index (χ4n) is 9.84. The van der Waals surface area contributed by atoms with Crippen LogP contribution >= 0.6 is 0 Å². The van der Waals surface area contributed by atoms with E-state index in [0.29, 0.717) is 32.4 Å². The van der Waals surface area contributed by atoms with Crippen LogP contribution in [-0.2, 0) is 40.3 Å². The molecule has 64 heavy (non-hydrogen) atoms. The maximum absolute atomic E-state index is 13.8. The number of aromatic amines is 1. The summed E-state index contributed by atoms with van der Waals surface area (Å²) in [5.74, 6) is 0.790. The van der Waals surface area contributed by atoms with Gasteiger partial charge in [-0.1, -0.05) is 84.9 Å². The van der Waals surface area contributed by atoms with Gasteiger partial charge in [0.15, 0.2) is 0 Å². The van der Waals surface area contributed by atoms with Crippen molar-refractivity contribution in [2.75, 3.05) is 91.4 Å². The van der Waals surface area contributed by atoms with E-state index < -0.39 is 0 Å². The Kier molecular flexibility index (Phi) is 13.6. The molecular formula is C52H63N9O3. The van der Waals surface area contributed by atoms with Crippen LogP contribution < -0.4 is 5.32 Å². The Morgan fingerprint density at radius 1 is 0.609 bits per heavy atom. The average Bonchev–Trinajstić information content (AvgIpc) is 4.12. The highest BCUT2D eigenvalue weighted by molar-refractivity contribution is 5.94. The maximum Gasteiger partial charge on any atom is 0.229 e. The van der Waals surface area contributed by atoms with Crippen molar-refractivity contribution in [2.45, 2.75) is 51.2 Å². The Labute approximate surface area is 378 Å². The van der Waals surface area contributed by atoms with Gasteiger partial charge in [0.1, 0.15) is 5.82 Å². The van der Waals surface area contributed by atoms with E-state index >= 15 is 0 Å². The zero-order valence-electron chi connectivity index (χ0n) is 37.6. The molecule has 0 spiro atoms. The molecular weight excluding hydrogens is 799 g/mol. The number of imidazole rings is 1. The van der Waals surface area contributed by atoms with Gasteiger partial charge < -0.3 is 29.9 Å². The second-order valence-electron chi connectivity index (χ2n) is 18.4. The quantitative estimate of drug-likeness (QED) is 0.145. The van der Waals surface area contributed by atoms with Gasteiger partial charge in [-0.2, -0.15) is 0 Å². The van der Waals surface area contributed by atoms with Gasteiger partial charge in [-0.05, 0) is 84.4 Å². The van der Waals surface area contributed by atoms with E-state index in [4.69, 9.17) is 4.98 Å². The lowest BCUT2D eigenvalue weighted by Crippen LogP contribution is -2.44. The number of H-pyrrole nitrogens is 1. The molecule has 3 amide bonds.